The molecule has 2 aromatic rings. The van der Waals surface area contributed by atoms with Gasteiger partial charge in [-0.2, -0.15) is 0 Å². The molecule has 106 valence electrons. The molecular weight excluding hydrogens is 320 g/mol. The molecule has 0 saturated heterocycles. The number of aromatic nitrogens is 2. The van der Waals surface area contributed by atoms with Crippen LogP contribution in [0.15, 0.2) is 35.1 Å². The van der Waals surface area contributed by atoms with Gasteiger partial charge in [0.1, 0.15) is 28.2 Å². The smallest absolute Gasteiger partial charge is 0.150 e. The van der Waals surface area contributed by atoms with Gasteiger partial charge < -0.3 is 15.4 Å². The van der Waals surface area contributed by atoms with Gasteiger partial charge in [0.05, 0.1) is 7.11 Å². The first-order valence-corrected chi connectivity index (χ1v) is 7.19. The lowest BCUT2D eigenvalue weighted by molar-refractivity contribution is 0.415. The minimum atomic E-state index is 0.715. The molecule has 1 aromatic heterocycles. The van der Waals surface area contributed by atoms with Gasteiger partial charge in [0.2, 0.25) is 0 Å². The van der Waals surface area contributed by atoms with E-state index >= 15 is 0 Å². The Morgan fingerprint density at radius 2 is 2.05 bits per heavy atom. The third-order valence-corrected chi connectivity index (χ3v) is 3.42. The number of halogens is 1. The third-order valence-electron chi connectivity index (χ3n) is 2.66. The van der Waals surface area contributed by atoms with Crippen LogP contribution in [0, 0.1) is 0 Å². The van der Waals surface area contributed by atoms with Crippen molar-refractivity contribution in [2.75, 3.05) is 24.3 Å². The molecular formula is C14H17BrN4O. The first-order valence-electron chi connectivity index (χ1n) is 6.40. The molecule has 0 amide bonds. The fourth-order valence-corrected chi connectivity index (χ4v) is 2.11. The van der Waals surface area contributed by atoms with Crippen LogP contribution in [0.2, 0.25) is 0 Å². The van der Waals surface area contributed by atoms with E-state index in [0.717, 1.165) is 34.7 Å². The predicted octanol–water partition coefficient (Wildman–Crippen LogP) is 3.81. The molecule has 6 heteroatoms. The molecule has 20 heavy (non-hydrogen) atoms. The summed E-state index contributed by atoms with van der Waals surface area (Å²) < 4.78 is 6.02. The zero-order valence-electron chi connectivity index (χ0n) is 11.5. The van der Waals surface area contributed by atoms with Gasteiger partial charge in [-0.05, 0) is 34.5 Å². The number of nitrogens with one attached hydrogen (secondary N) is 2. The quantitative estimate of drug-likeness (QED) is 0.839. The Hall–Kier alpha value is -1.82. The molecule has 2 rings (SSSR count). The minimum absolute atomic E-state index is 0.715. The highest BCUT2D eigenvalue weighted by molar-refractivity contribution is 9.10. The van der Waals surface area contributed by atoms with E-state index < -0.39 is 0 Å². The number of benzene rings is 1. The molecule has 0 saturated carbocycles. The monoisotopic (exact) mass is 336 g/mol. The van der Waals surface area contributed by atoms with Gasteiger partial charge in [-0.1, -0.05) is 13.0 Å². The van der Waals surface area contributed by atoms with Gasteiger partial charge in [-0.15, -0.1) is 0 Å². The van der Waals surface area contributed by atoms with E-state index in [0.29, 0.717) is 5.82 Å². The second-order valence-electron chi connectivity index (χ2n) is 4.17. The summed E-state index contributed by atoms with van der Waals surface area (Å²) in [4.78, 5) is 8.47. The molecule has 0 aliphatic carbocycles. The van der Waals surface area contributed by atoms with Crippen molar-refractivity contribution >= 4 is 33.3 Å². The second kappa shape index (κ2) is 7.09. The van der Waals surface area contributed by atoms with E-state index in [1.807, 2.05) is 24.3 Å². The van der Waals surface area contributed by atoms with Crippen LogP contribution < -0.4 is 15.4 Å². The van der Waals surface area contributed by atoms with Crippen molar-refractivity contribution in [1.29, 1.82) is 0 Å². The van der Waals surface area contributed by atoms with Crippen molar-refractivity contribution in [3.8, 4) is 5.75 Å². The summed E-state index contributed by atoms with van der Waals surface area (Å²) in [6, 6.07) is 7.69. The summed E-state index contributed by atoms with van der Waals surface area (Å²) in [6.07, 6.45) is 2.57. The number of ether oxygens (including phenoxy) is 1. The second-order valence-corrected chi connectivity index (χ2v) is 4.96. The SMILES string of the molecule is CCCNc1ncnc(Nc2cccc(OC)c2)c1Br. The fourth-order valence-electron chi connectivity index (χ4n) is 1.66. The molecule has 0 atom stereocenters. The summed E-state index contributed by atoms with van der Waals surface area (Å²) in [6.45, 7) is 2.98. The molecule has 2 N–H and O–H groups in total. The van der Waals surface area contributed by atoms with Crippen molar-refractivity contribution in [2.45, 2.75) is 13.3 Å². The van der Waals surface area contributed by atoms with E-state index in [1.165, 1.54) is 6.33 Å². The van der Waals surface area contributed by atoms with Gasteiger partial charge in [0, 0.05) is 18.3 Å². The van der Waals surface area contributed by atoms with E-state index in [4.69, 9.17) is 4.74 Å². The Morgan fingerprint density at radius 1 is 1.25 bits per heavy atom. The van der Waals surface area contributed by atoms with Crippen molar-refractivity contribution in [3.63, 3.8) is 0 Å². The van der Waals surface area contributed by atoms with Crippen LogP contribution in [-0.4, -0.2) is 23.6 Å². The number of hydrogen-bond acceptors (Lipinski definition) is 5. The summed E-state index contributed by atoms with van der Waals surface area (Å²) in [5.74, 6) is 2.30. The Morgan fingerprint density at radius 3 is 2.80 bits per heavy atom. The zero-order chi connectivity index (χ0) is 14.4. The van der Waals surface area contributed by atoms with Crippen LogP contribution in [-0.2, 0) is 0 Å². The number of anilines is 3. The molecule has 0 unspecified atom stereocenters. The predicted molar refractivity (Wildman–Crippen MR) is 84.8 cm³/mol. The lowest BCUT2D eigenvalue weighted by Crippen LogP contribution is -2.05. The van der Waals surface area contributed by atoms with E-state index in [2.05, 4.69) is 43.5 Å². The van der Waals surface area contributed by atoms with Gasteiger partial charge in [0.15, 0.2) is 0 Å². The molecule has 0 bridgehead atoms. The van der Waals surface area contributed by atoms with Crippen LogP contribution in [0.4, 0.5) is 17.3 Å². The number of methoxy groups -OCH3 is 1. The van der Waals surface area contributed by atoms with Crippen molar-refractivity contribution in [3.05, 3.63) is 35.1 Å². The highest BCUT2D eigenvalue weighted by Crippen LogP contribution is 2.29. The summed E-state index contributed by atoms with van der Waals surface area (Å²) in [5.41, 5.74) is 0.908. The lowest BCUT2D eigenvalue weighted by atomic mass is 10.3. The van der Waals surface area contributed by atoms with E-state index in [-0.39, 0.29) is 0 Å². The zero-order valence-corrected chi connectivity index (χ0v) is 13.1. The maximum Gasteiger partial charge on any atom is 0.150 e. The molecule has 0 aliphatic rings. The lowest BCUT2D eigenvalue weighted by Gasteiger charge is -2.11. The number of hydrogen-bond donors (Lipinski definition) is 2. The van der Waals surface area contributed by atoms with Crippen LogP contribution in [0.1, 0.15) is 13.3 Å². The van der Waals surface area contributed by atoms with Crippen LogP contribution in [0.25, 0.3) is 0 Å². The topological polar surface area (TPSA) is 59.1 Å². The van der Waals surface area contributed by atoms with E-state index in [9.17, 15) is 0 Å². The Bertz CT molecular complexity index is 577. The average molecular weight is 337 g/mol. The maximum absolute atomic E-state index is 5.20. The minimum Gasteiger partial charge on any atom is -0.497 e. The molecule has 0 spiro atoms. The van der Waals surface area contributed by atoms with Gasteiger partial charge in [-0.3, -0.25) is 0 Å². The van der Waals surface area contributed by atoms with Gasteiger partial charge in [-0.25, -0.2) is 9.97 Å². The largest absolute Gasteiger partial charge is 0.497 e. The van der Waals surface area contributed by atoms with Crippen LogP contribution in [0.3, 0.4) is 0 Å². The van der Waals surface area contributed by atoms with Crippen molar-refractivity contribution in [2.24, 2.45) is 0 Å². The number of nitrogens with zero attached hydrogens (tertiary/aromatic N) is 2. The molecule has 5 nitrogen and oxygen atoms in total. The highest BCUT2D eigenvalue weighted by atomic mass is 79.9. The molecule has 0 fully saturated rings. The van der Waals surface area contributed by atoms with E-state index in [1.54, 1.807) is 7.11 Å². The van der Waals surface area contributed by atoms with Crippen LogP contribution >= 0.6 is 15.9 Å². The summed E-state index contributed by atoms with van der Waals surface area (Å²) in [7, 11) is 1.65. The fraction of sp³-hybridized carbons (Fsp3) is 0.286. The average Bonchev–Trinajstić information content (AvgIpc) is 2.48. The van der Waals surface area contributed by atoms with Crippen molar-refractivity contribution in [1.82, 2.24) is 9.97 Å². The van der Waals surface area contributed by atoms with Crippen LogP contribution in [0.5, 0.6) is 5.75 Å². The Kier molecular flexibility index (Phi) is 5.17. The Balaban J connectivity index is 2.20. The summed E-state index contributed by atoms with van der Waals surface area (Å²) in [5, 5.41) is 6.49. The first kappa shape index (κ1) is 14.6. The van der Waals surface area contributed by atoms with Gasteiger partial charge in [0.25, 0.3) is 0 Å². The summed E-state index contributed by atoms with van der Waals surface area (Å²) >= 11 is 3.52. The van der Waals surface area contributed by atoms with Gasteiger partial charge >= 0.3 is 0 Å². The highest BCUT2D eigenvalue weighted by Gasteiger charge is 2.08. The number of rotatable bonds is 6. The maximum atomic E-state index is 5.20. The molecule has 1 heterocycles. The standard InChI is InChI=1S/C14H17BrN4O/c1-3-7-16-13-12(15)14(18-9-17-13)19-10-5-4-6-11(8-10)20-2/h4-6,8-9H,3,7H2,1-2H3,(H2,16,17,18,19). The first-order chi connectivity index (χ1) is 9.74. The normalized spacial score (nSPS) is 10.2. The molecule has 0 aliphatic heterocycles. The Labute approximate surface area is 126 Å². The molecule has 0 radical (unpaired) electrons. The molecule has 1 aromatic carbocycles. The van der Waals surface area contributed by atoms with Crippen molar-refractivity contribution < 1.29 is 4.74 Å². The third kappa shape index (κ3) is 3.60.